The van der Waals surface area contributed by atoms with Crippen molar-refractivity contribution in [2.24, 2.45) is 41.4 Å². The first-order valence-corrected chi connectivity index (χ1v) is 36.4. The van der Waals surface area contributed by atoms with Gasteiger partial charge >= 0.3 is 0 Å². The van der Waals surface area contributed by atoms with Gasteiger partial charge in [0.2, 0.25) is 59.1 Å². The first kappa shape index (κ1) is 85.9. The monoisotopic (exact) mass is 1350 g/mol. The lowest BCUT2D eigenvalue weighted by Gasteiger charge is -2.46. The second-order valence-corrected chi connectivity index (χ2v) is 34.8. The normalized spacial score (nSPS) is 26.6. The molecule has 13 atom stereocenters. The van der Waals surface area contributed by atoms with Crippen molar-refractivity contribution in [3.8, 4) is 0 Å². The fraction of sp³-hybridized carbons (Fsp3) is 0.821. The van der Waals surface area contributed by atoms with E-state index in [-0.39, 0.29) is 62.2 Å². The van der Waals surface area contributed by atoms with E-state index in [1.54, 1.807) is 48.5 Å². The number of hydrogen-bond donors (Lipinski definition) is 4. The maximum absolute atomic E-state index is 15.7. The molecule has 0 aliphatic carbocycles. The first-order chi connectivity index (χ1) is 43.0. The Kier molecular flexibility index (Phi) is 33.7. The van der Waals surface area contributed by atoms with Gasteiger partial charge in [0.25, 0.3) is 12.3 Å². The van der Waals surface area contributed by atoms with E-state index in [0.717, 1.165) is 28.8 Å². The predicted molar refractivity (Wildman–Crippen MR) is 361 cm³/mol. The Morgan fingerprint density at radius 3 is 1.23 bits per heavy atom. The van der Waals surface area contributed by atoms with Crippen LogP contribution < -0.4 is 21.3 Å². The fourth-order valence-electron chi connectivity index (χ4n) is 11.5. The Labute approximate surface area is 561 Å². The summed E-state index contributed by atoms with van der Waals surface area (Å²) in [7, 11) is 6.05. The molecule has 0 bridgehead atoms. The van der Waals surface area contributed by atoms with Gasteiger partial charge in [0.1, 0.15) is 66.7 Å². The summed E-state index contributed by atoms with van der Waals surface area (Å²) >= 11 is 0. The van der Waals surface area contributed by atoms with Crippen LogP contribution in [-0.2, 0) is 62.0 Å². The van der Waals surface area contributed by atoms with E-state index in [1.807, 2.05) is 75.4 Å². The molecular weight excluding hydrogens is 1230 g/mol. The van der Waals surface area contributed by atoms with E-state index in [9.17, 15) is 38.4 Å². The summed E-state index contributed by atoms with van der Waals surface area (Å²) in [5, 5.41) is 10.2. The fourth-order valence-corrected chi connectivity index (χ4v) is 12.9. The van der Waals surface area contributed by atoms with Gasteiger partial charge in [-0.15, -0.1) is 0 Å². The summed E-state index contributed by atoms with van der Waals surface area (Å²) in [6.07, 6.45) is -4.42. The van der Waals surface area contributed by atoms with Crippen molar-refractivity contribution < 1.29 is 70.7 Å². The third kappa shape index (κ3) is 22.8. The van der Waals surface area contributed by atoms with Crippen molar-refractivity contribution in [2.45, 2.75) is 267 Å². The van der Waals surface area contributed by atoms with Crippen molar-refractivity contribution in [1.29, 1.82) is 0 Å². The highest BCUT2D eigenvalue weighted by Gasteiger charge is 2.50. The van der Waals surface area contributed by atoms with Gasteiger partial charge < -0.3 is 64.8 Å². The van der Waals surface area contributed by atoms with Gasteiger partial charge in [0, 0.05) is 55.8 Å². The SMILES string of the molecule is CC[C@H]1NC(=O)[C@@H]([C@H](O[Si](C)(C)C(C)(C)C)[C@H](C)CC=O)N(C)C(=O)[C@@H](C(C)C)N(C)C(=O)[C@@H](CC(C)C)N(C)C(=O)[C@@H](CC(C)C)N(C)C(=O)[C@H](C)NC(=O)[C@@H](C)NC(=O)[C@@H](CC(C)C)N(C)C(=O)[C@@H](C(C)C)NC(=O)[C@H](CC(C)C)N(C)C(=O)[C@@H](C(F)F)N(C)C1=O. The van der Waals surface area contributed by atoms with Gasteiger partial charge in [-0.1, -0.05) is 118 Å². The van der Waals surface area contributed by atoms with Crippen molar-refractivity contribution >= 4 is 79.6 Å². The Balaban J connectivity index is 4.67. The molecule has 27 heteroatoms. The van der Waals surface area contributed by atoms with Crippen LogP contribution in [0.4, 0.5) is 8.78 Å². The molecule has 0 aromatic rings. The minimum absolute atomic E-state index is 0.0817. The number of nitrogens with one attached hydrogen (secondary N) is 4. The van der Waals surface area contributed by atoms with Crippen molar-refractivity contribution in [3.05, 3.63) is 0 Å². The molecule has 1 fully saturated rings. The minimum atomic E-state index is -3.56. The zero-order chi connectivity index (χ0) is 73.4. The number of carbonyl (C=O) groups excluding carboxylic acids is 12. The van der Waals surface area contributed by atoms with Crippen molar-refractivity contribution in [3.63, 3.8) is 0 Å². The van der Waals surface area contributed by atoms with Crippen LogP contribution in [0.25, 0.3) is 0 Å². The molecule has 0 aromatic heterocycles. The molecule has 1 heterocycles. The van der Waals surface area contributed by atoms with Crippen LogP contribution in [0.15, 0.2) is 0 Å². The molecule has 0 radical (unpaired) electrons. The maximum atomic E-state index is 15.7. The number of rotatable bonds is 18. The highest BCUT2D eigenvalue weighted by atomic mass is 28.4. The number of likely N-dealkylation sites (N-methyl/N-ethyl adjacent to an activating group) is 7. The summed E-state index contributed by atoms with van der Waals surface area (Å²) in [6.45, 7) is 36.8. The van der Waals surface area contributed by atoms with E-state index >= 15 is 28.0 Å². The van der Waals surface area contributed by atoms with E-state index < -0.39 is 175 Å². The molecule has 1 aliphatic heterocycles. The molecule has 1 saturated heterocycles. The predicted octanol–water partition coefficient (Wildman–Crippen LogP) is 5.56. The Hall–Kier alpha value is -6.12. The van der Waals surface area contributed by atoms with Crippen LogP contribution in [0, 0.1) is 41.4 Å². The van der Waals surface area contributed by atoms with Gasteiger partial charge in [-0.25, -0.2) is 8.78 Å². The average Bonchev–Trinajstić information content (AvgIpc) is 0.796. The molecule has 0 spiro atoms. The topological polar surface area (TPSA) is 285 Å². The summed E-state index contributed by atoms with van der Waals surface area (Å²) in [5.74, 6) is -12.5. The van der Waals surface area contributed by atoms with Crippen LogP contribution in [-0.4, -0.2) is 242 Å². The third-order valence-corrected chi connectivity index (χ3v) is 22.9. The molecule has 0 unspecified atom stereocenters. The number of amides is 11. The smallest absolute Gasteiger partial charge is 0.267 e. The van der Waals surface area contributed by atoms with Gasteiger partial charge in [0.15, 0.2) is 14.4 Å². The number of aldehydes is 1. The van der Waals surface area contributed by atoms with Gasteiger partial charge in [0.05, 0.1) is 6.10 Å². The summed E-state index contributed by atoms with van der Waals surface area (Å²) < 4.78 is 38.5. The molecule has 1 rings (SSSR count). The number of alkyl halides is 2. The van der Waals surface area contributed by atoms with Crippen LogP contribution in [0.3, 0.4) is 0 Å². The lowest BCUT2D eigenvalue weighted by Crippen LogP contribution is -2.65. The van der Waals surface area contributed by atoms with Gasteiger partial charge in [-0.3, -0.25) is 52.7 Å². The van der Waals surface area contributed by atoms with Crippen LogP contribution in [0.1, 0.15) is 170 Å². The van der Waals surface area contributed by atoms with Gasteiger partial charge in [-0.05, 0) is 106 Å². The molecule has 540 valence electrons. The summed E-state index contributed by atoms with van der Waals surface area (Å²) in [5.41, 5.74) is 0. The van der Waals surface area contributed by atoms with Crippen molar-refractivity contribution in [2.75, 3.05) is 49.3 Å². The molecule has 94 heavy (non-hydrogen) atoms. The van der Waals surface area contributed by atoms with E-state index in [1.165, 1.54) is 70.7 Å². The average molecular weight is 1350 g/mol. The number of halogens is 2. The summed E-state index contributed by atoms with van der Waals surface area (Å²) in [6, 6.07) is -16.3. The molecule has 4 N–H and O–H groups in total. The number of nitrogens with zero attached hydrogens (tertiary/aromatic N) is 7. The highest BCUT2D eigenvalue weighted by molar-refractivity contribution is 6.74. The largest absolute Gasteiger partial charge is 0.411 e. The highest BCUT2D eigenvalue weighted by Crippen LogP contribution is 2.40. The van der Waals surface area contributed by atoms with E-state index in [0.29, 0.717) is 11.2 Å². The second kappa shape index (κ2) is 36.8. The lowest BCUT2D eigenvalue weighted by atomic mass is 9.91. The van der Waals surface area contributed by atoms with Gasteiger partial charge in [-0.2, -0.15) is 0 Å². The number of hydrogen-bond acceptors (Lipinski definition) is 13. The molecule has 11 amide bonds. The maximum Gasteiger partial charge on any atom is 0.267 e. The quantitative estimate of drug-likeness (QED) is 0.0968. The first-order valence-electron chi connectivity index (χ1n) is 33.5. The van der Waals surface area contributed by atoms with Crippen LogP contribution in [0.5, 0.6) is 0 Å². The zero-order valence-corrected chi connectivity index (χ0v) is 63.1. The van der Waals surface area contributed by atoms with Crippen LogP contribution in [0.2, 0.25) is 18.1 Å². The number of carbonyl (C=O) groups is 12. The van der Waals surface area contributed by atoms with Crippen LogP contribution >= 0.6 is 0 Å². The lowest BCUT2D eigenvalue weighted by molar-refractivity contribution is -0.158. The summed E-state index contributed by atoms with van der Waals surface area (Å²) in [4.78, 5) is 183. The van der Waals surface area contributed by atoms with E-state index in [2.05, 4.69) is 21.3 Å². The Morgan fingerprint density at radius 2 is 0.830 bits per heavy atom. The molecule has 1 aliphatic rings. The molecule has 24 nitrogen and oxygen atoms in total. The standard InChI is InChI=1S/C67H121F2N11O13Si/c1-29-45-61(87)80(26)53(55(68)69)66(92)75(21)47(33-37(4)5)58(84)73-50(40(10)11)64(90)74(20)46(32-36(2)3)57(83)70-43(15)56(82)71-44(16)60(86)76(22)48(34-38(6)7)62(88)77(23)49(35-39(8)9)63(89)78(24)51(41(12)13)65(91)79(25)52(59(85)72-45)54(42(14)30-31-81)93-94(27,28)67(17,18)19/h31,36-55H,29-30,32-35H2,1-28H3,(H,70,83)(H,71,82)(H,72,85)(H,73,84)/t42-,43-,44+,45-,46-,47+,48-,49-,50-,51-,52-,53-,54-/m1/s1. The zero-order valence-electron chi connectivity index (χ0n) is 62.1. The molecular formula is C67H121F2N11O13Si. The second-order valence-electron chi connectivity index (χ2n) is 30.0. The molecule has 0 aromatic carbocycles. The van der Waals surface area contributed by atoms with Crippen molar-refractivity contribution in [1.82, 2.24) is 55.6 Å². The minimum Gasteiger partial charge on any atom is -0.411 e. The third-order valence-electron chi connectivity index (χ3n) is 18.5. The Bertz CT molecular complexity index is 2620. The van der Waals surface area contributed by atoms with E-state index in [4.69, 9.17) is 4.43 Å². The molecule has 0 saturated carbocycles. The Morgan fingerprint density at radius 1 is 0.457 bits per heavy atom.